The number of nitrogens with one attached hydrogen (secondary N) is 1. The van der Waals surface area contributed by atoms with E-state index in [1.807, 2.05) is 38.1 Å². The molecule has 3 aromatic carbocycles. The fourth-order valence-corrected chi connectivity index (χ4v) is 4.65. The number of anilines is 1. The van der Waals surface area contributed by atoms with Crippen LogP contribution in [0.1, 0.15) is 22.3 Å². The standard InChI is InChI=1S/C25H24N2O2S/c1-15-5-10-21-22(13-15)30-25(27-21)19-6-8-20(9-7-19)26-23(28)14-29-24-17(3)11-16(2)12-18(24)4/h5-13H,14H2,1-4H3,(H,26,28). The summed E-state index contributed by atoms with van der Waals surface area (Å²) < 4.78 is 6.95. The average Bonchev–Trinajstić information content (AvgIpc) is 3.11. The second kappa shape index (κ2) is 8.28. The number of hydrogen-bond donors (Lipinski definition) is 1. The molecule has 0 aliphatic heterocycles. The van der Waals surface area contributed by atoms with Crippen LogP contribution in [-0.2, 0) is 4.79 Å². The summed E-state index contributed by atoms with van der Waals surface area (Å²) in [5, 5.41) is 3.87. The van der Waals surface area contributed by atoms with Crippen LogP contribution >= 0.6 is 11.3 Å². The molecule has 0 atom stereocenters. The normalized spacial score (nSPS) is 10.9. The second-order valence-electron chi connectivity index (χ2n) is 7.63. The Hall–Kier alpha value is -3.18. The number of aryl methyl sites for hydroxylation is 4. The minimum Gasteiger partial charge on any atom is -0.483 e. The molecule has 0 saturated heterocycles. The molecule has 0 unspecified atom stereocenters. The lowest BCUT2D eigenvalue weighted by molar-refractivity contribution is -0.118. The third-order valence-electron chi connectivity index (χ3n) is 4.91. The van der Waals surface area contributed by atoms with Crippen LogP contribution in [0.4, 0.5) is 5.69 Å². The number of ether oxygens (including phenoxy) is 1. The van der Waals surface area contributed by atoms with Crippen LogP contribution in [0.3, 0.4) is 0 Å². The van der Waals surface area contributed by atoms with Crippen molar-refractivity contribution in [2.45, 2.75) is 27.7 Å². The van der Waals surface area contributed by atoms with Gasteiger partial charge < -0.3 is 10.1 Å². The zero-order valence-electron chi connectivity index (χ0n) is 17.6. The Morgan fingerprint density at radius 2 is 1.63 bits per heavy atom. The molecule has 1 aromatic heterocycles. The zero-order valence-corrected chi connectivity index (χ0v) is 18.4. The van der Waals surface area contributed by atoms with Crippen molar-refractivity contribution < 1.29 is 9.53 Å². The summed E-state index contributed by atoms with van der Waals surface area (Å²) in [6.45, 7) is 8.10. The van der Waals surface area contributed by atoms with E-state index in [1.54, 1.807) is 11.3 Å². The van der Waals surface area contributed by atoms with Gasteiger partial charge in [-0.15, -0.1) is 11.3 Å². The first-order chi connectivity index (χ1) is 14.4. The van der Waals surface area contributed by atoms with E-state index in [1.165, 1.54) is 15.8 Å². The van der Waals surface area contributed by atoms with E-state index < -0.39 is 0 Å². The van der Waals surface area contributed by atoms with Crippen LogP contribution < -0.4 is 10.1 Å². The Bertz CT molecular complexity index is 1200. The molecule has 0 fully saturated rings. The smallest absolute Gasteiger partial charge is 0.262 e. The minimum absolute atomic E-state index is 0.0241. The van der Waals surface area contributed by atoms with Crippen molar-refractivity contribution in [1.29, 1.82) is 0 Å². The number of rotatable bonds is 5. The quantitative estimate of drug-likeness (QED) is 0.420. The van der Waals surface area contributed by atoms with E-state index in [0.717, 1.165) is 38.7 Å². The molecule has 1 N–H and O–H groups in total. The van der Waals surface area contributed by atoms with Crippen molar-refractivity contribution in [2.75, 3.05) is 11.9 Å². The van der Waals surface area contributed by atoms with E-state index in [2.05, 4.69) is 49.5 Å². The van der Waals surface area contributed by atoms with Gasteiger partial charge in [0.2, 0.25) is 0 Å². The first-order valence-corrected chi connectivity index (χ1v) is 10.7. The van der Waals surface area contributed by atoms with E-state index >= 15 is 0 Å². The molecule has 5 heteroatoms. The van der Waals surface area contributed by atoms with Crippen molar-refractivity contribution in [3.8, 4) is 16.3 Å². The van der Waals surface area contributed by atoms with Crippen LogP contribution in [0.25, 0.3) is 20.8 Å². The Balaban J connectivity index is 1.41. The number of aromatic nitrogens is 1. The molecule has 30 heavy (non-hydrogen) atoms. The summed E-state index contributed by atoms with van der Waals surface area (Å²) in [6.07, 6.45) is 0. The maximum absolute atomic E-state index is 12.3. The number of hydrogen-bond acceptors (Lipinski definition) is 4. The van der Waals surface area contributed by atoms with Gasteiger partial charge in [-0.05, 0) is 80.8 Å². The van der Waals surface area contributed by atoms with Gasteiger partial charge in [0.1, 0.15) is 10.8 Å². The Morgan fingerprint density at radius 1 is 0.933 bits per heavy atom. The van der Waals surface area contributed by atoms with E-state index in [9.17, 15) is 4.79 Å². The summed E-state index contributed by atoms with van der Waals surface area (Å²) in [5.74, 6) is 0.592. The van der Waals surface area contributed by atoms with Gasteiger partial charge in [0.15, 0.2) is 6.61 Å². The number of nitrogens with zero attached hydrogens (tertiary/aromatic N) is 1. The molecule has 0 spiro atoms. The van der Waals surface area contributed by atoms with Gasteiger partial charge in [-0.2, -0.15) is 0 Å². The first-order valence-electron chi connectivity index (χ1n) is 9.87. The van der Waals surface area contributed by atoms with Gasteiger partial charge in [-0.25, -0.2) is 4.98 Å². The van der Waals surface area contributed by atoms with Gasteiger partial charge in [-0.1, -0.05) is 23.8 Å². The molecular weight excluding hydrogens is 392 g/mol. The number of benzene rings is 3. The molecule has 152 valence electrons. The summed E-state index contributed by atoms with van der Waals surface area (Å²) in [6, 6.07) is 18.2. The Morgan fingerprint density at radius 3 is 2.33 bits per heavy atom. The molecule has 4 aromatic rings. The molecule has 0 bridgehead atoms. The third-order valence-corrected chi connectivity index (χ3v) is 5.98. The Kier molecular flexibility index (Phi) is 5.55. The van der Waals surface area contributed by atoms with Crippen molar-refractivity contribution in [2.24, 2.45) is 0 Å². The van der Waals surface area contributed by atoms with Crippen LogP contribution in [0, 0.1) is 27.7 Å². The number of thiazole rings is 1. The van der Waals surface area contributed by atoms with Crippen LogP contribution in [0.5, 0.6) is 5.75 Å². The van der Waals surface area contributed by atoms with Crippen molar-refractivity contribution >= 4 is 33.1 Å². The molecule has 1 amide bonds. The lowest BCUT2D eigenvalue weighted by atomic mass is 10.1. The second-order valence-corrected chi connectivity index (χ2v) is 8.66. The minimum atomic E-state index is -0.183. The van der Waals surface area contributed by atoms with Crippen LogP contribution in [-0.4, -0.2) is 17.5 Å². The number of amides is 1. The highest BCUT2D eigenvalue weighted by Gasteiger charge is 2.10. The largest absolute Gasteiger partial charge is 0.483 e. The molecule has 0 radical (unpaired) electrons. The maximum atomic E-state index is 12.3. The maximum Gasteiger partial charge on any atom is 0.262 e. The van der Waals surface area contributed by atoms with E-state index in [0.29, 0.717) is 0 Å². The number of carbonyl (C=O) groups is 1. The van der Waals surface area contributed by atoms with Gasteiger partial charge >= 0.3 is 0 Å². The summed E-state index contributed by atoms with van der Waals surface area (Å²) >= 11 is 1.68. The fraction of sp³-hybridized carbons (Fsp3) is 0.200. The molecular formula is C25H24N2O2S. The van der Waals surface area contributed by atoms with E-state index in [4.69, 9.17) is 9.72 Å². The number of carbonyl (C=O) groups excluding carboxylic acids is 1. The average molecular weight is 417 g/mol. The zero-order chi connectivity index (χ0) is 21.3. The predicted molar refractivity (Wildman–Crippen MR) is 125 cm³/mol. The topological polar surface area (TPSA) is 51.2 Å². The van der Waals surface area contributed by atoms with Gasteiger partial charge in [0.25, 0.3) is 5.91 Å². The fourth-order valence-electron chi connectivity index (χ4n) is 3.58. The molecule has 0 aliphatic carbocycles. The lowest BCUT2D eigenvalue weighted by Gasteiger charge is -2.13. The lowest BCUT2D eigenvalue weighted by Crippen LogP contribution is -2.20. The first kappa shape index (κ1) is 20.1. The van der Waals surface area contributed by atoms with E-state index in [-0.39, 0.29) is 12.5 Å². The predicted octanol–water partition coefficient (Wildman–Crippen LogP) is 6.21. The SMILES string of the molecule is Cc1cc(C)c(OCC(=O)Nc2ccc(-c3nc4ccc(C)cc4s3)cc2)c(C)c1. The van der Waals surface area contributed by atoms with Gasteiger partial charge in [0, 0.05) is 11.3 Å². The van der Waals surface area contributed by atoms with Crippen molar-refractivity contribution in [3.63, 3.8) is 0 Å². The summed E-state index contributed by atoms with van der Waals surface area (Å²) in [5.41, 5.74) is 7.28. The molecule has 1 heterocycles. The molecule has 4 nitrogen and oxygen atoms in total. The number of fused-ring (bicyclic) bond motifs is 1. The van der Waals surface area contributed by atoms with Crippen LogP contribution in [0.15, 0.2) is 54.6 Å². The molecule has 0 saturated carbocycles. The Labute approximate surface area is 180 Å². The van der Waals surface area contributed by atoms with Crippen molar-refractivity contribution in [3.05, 3.63) is 76.9 Å². The highest BCUT2D eigenvalue weighted by Crippen LogP contribution is 2.31. The highest BCUT2D eigenvalue weighted by molar-refractivity contribution is 7.21. The highest BCUT2D eigenvalue weighted by atomic mass is 32.1. The summed E-state index contributed by atoms with van der Waals surface area (Å²) in [7, 11) is 0. The van der Waals surface area contributed by atoms with Gasteiger partial charge in [-0.3, -0.25) is 4.79 Å². The molecule has 4 rings (SSSR count). The van der Waals surface area contributed by atoms with Crippen molar-refractivity contribution in [1.82, 2.24) is 4.98 Å². The third kappa shape index (κ3) is 4.36. The van der Waals surface area contributed by atoms with Crippen LogP contribution in [0.2, 0.25) is 0 Å². The summed E-state index contributed by atoms with van der Waals surface area (Å²) in [4.78, 5) is 17.0. The molecule has 0 aliphatic rings. The van der Waals surface area contributed by atoms with Gasteiger partial charge in [0.05, 0.1) is 10.2 Å². The monoisotopic (exact) mass is 416 g/mol.